The Bertz CT molecular complexity index is 861. The molecular weight excluding hydrogens is 443 g/mol. The van der Waals surface area contributed by atoms with Crippen LogP contribution < -0.4 is 10.2 Å². The summed E-state index contributed by atoms with van der Waals surface area (Å²) in [6.45, 7) is 0. The minimum absolute atomic E-state index is 0.0311. The van der Waals surface area contributed by atoms with Crippen molar-refractivity contribution in [3.63, 3.8) is 0 Å². The number of aliphatic hydroxyl groups is 2. The van der Waals surface area contributed by atoms with Crippen LogP contribution in [-0.4, -0.2) is 49.5 Å². The van der Waals surface area contributed by atoms with E-state index in [1.165, 1.54) is 0 Å². The number of para-hydroxylation sites is 1. The number of imide groups is 1. The number of carbonyl (C=O) groups is 3. The highest BCUT2D eigenvalue weighted by Crippen LogP contribution is 2.54. The second-order valence-corrected chi connectivity index (χ2v) is 10.1. The van der Waals surface area contributed by atoms with Gasteiger partial charge >= 0.3 is 0 Å². The number of benzene rings is 1. The molecule has 2 saturated carbocycles. The van der Waals surface area contributed by atoms with Gasteiger partial charge in [0.25, 0.3) is 9.70 Å². The molecular formula is C19H19Cl3N2O5. The smallest absolute Gasteiger partial charge is 0.272 e. The summed E-state index contributed by atoms with van der Waals surface area (Å²) in [5, 5.41) is 24.4. The van der Waals surface area contributed by atoms with Gasteiger partial charge in [0.15, 0.2) is 0 Å². The molecule has 1 aromatic rings. The number of nitrogens with zero attached hydrogens (tertiary/aromatic N) is 1. The molecule has 0 spiro atoms. The third-order valence-electron chi connectivity index (χ3n) is 6.37. The number of aliphatic hydroxyl groups excluding tert-OH is 1. The second kappa shape index (κ2) is 7.10. The zero-order chi connectivity index (χ0) is 21.1. The lowest BCUT2D eigenvalue weighted by molar-refractivity contribution is -0.165. The molecule has 1 heterocycles. The Balaban J connectivity index is 1.71. The number of amides is 3. The van der Waals surface area contributed by atoms with E-state index in [1.807, 2.05) is 0 Å². The van der Waals surface area contributed by atoms with Crippen molar-refractivity contribution in [1.82, 2.24) is 5.32 Å². The average molecular weight is 462 g/mol. The van der Waals surface area contributed by atoms with Crippen LogP contribution in [0.5, 0.6) is 0 Å². The van der Waals surface area contributed by atoms with Gasteiger partial charge in [0.05, 0.1) is 29.2 Å². The maximum Gasteiger partial charge on any atom is 0.272 e. The summed E-state index contributed by atoms with van der Waals surface area (Å²) < 4.78 is -2.21. The molecule has 7 nitrogen and oxygen atoms in total. The molecule has 0 aromatic heterocycles. The maximum absolute atomic E-state index is 13.3. The number of carbonyl (C=O) groups excluding carboxylic acids is 3. The molecule has 2 aliphatic carbocycles. The van der Waals surface area contributed by atoms with Crippen LogP contribution >= 0.6 is 34.8 Å². The lowest BCUT2D eigenvalue weighted by atomic mass is 9.64. The van der Waals surface area contributed by atoms with Gasteiger partial charge in [0, 0.05) is 12.0 Å². The van der Waals surface area contributed by atoms with Crippen LogP contribution in [0.2, 0.25) is 0 Å². The lowest BCUT2D eigenvalue weighted by Gasteiger charge is -2.45. The van der Waals surface area contributed by atoms with Crippen LogP contribution in [0.15, 0.2) is 30.3 Å². The van der Waals surface area contributed by atoms with Crippen LogP contribution in [0.25, 0.3) is 0 Å². The van der Waals surface area contributed by atoms with Crippen molar-refractivity contribution >= 4 is 58.2 Å². The predicted octanol–water partition coefficient (Wildman–Crippen LogP) is 1.55. The molecule has 4 rings (SSSR count). The first-order valence-corrected chi connectivity index (χ1v) is 10.4. The fourth-order valence-corrected chi connectivity index (χ4v) is 5.28. The van der Waals surface area contributed by atoms with Crippen molar-refractivity contribution in [3.8, 4) is 0 Å². The first kappa shape index (κ1) is 20.9. The molecule has 6 atom stereocenters. The highest BCUT2D eigenvalue weighted by molar-refractivity contribution is 6.76. The molecule has 10 heteroatoms. The Labute approximate surface area is 181 Å². The number of hydrogen-bond acceptors (Lipinski definition) is 5. The van der Waals surface area contributed by atoms with E-state index < -0.39 is 57.0 Å². The second-order valence-electron chi connectivity index (χ2n) is 7.86. The standard InChI is InChI=1S/C19H19Cl3N2O5/c20-19(21,22)17(28)23-11-6-7-18(29)12(25)8-10-13(14(11)18)16(27)24(15(10)26)9-4-2-1-3-5-9/h1-5,10-14,25,29H,6-8H2,(H,23,28)/t10-,11?,12-,13-,14-,18-/m0/s1. The lowest BCUT2D eigenvalue weighted by Crippen LogP contribution is -2.60. The quantitative estimate of drug-likeness (QED) is 0.458. The topological polar surface area (TPSA) is 107 Å². The van der Waals surface area contributed by atoms with Gasteiger partial charge in [-0.15, -0.1) is 0 Å². The molecule has 1 saturated heterocycles. The number of fused-ring (bicyclic) bond motifs is 3. The van der Waals surface area contributed by atoms with E-state index in [2.05, 4.69) is 5.32 Å². The summed E-state index contributed by atoms with van der Waals surface area (Å²) in [4.78, 5) is 39.6. The number of halogens is 3. The van der Waals surface area contributed by atoms with E-state index in [4.69, 9.17) is 34.8 Å². The molecule has 3 aliphatic rings. The van der Waals surface area contributed by atoms with Gasteiger partial charge in [-0.1, -0.05) is 53.0 Å². The highest BCUT2D eigenvalue weighted by Gasteiger charge is 2.67. The van der Waals surface area contributed by atoms with Crippen LogP contribution in [0.1, 0.15) is 19.3 Å². The average Bonchev–Trinajstić information content (AvgIpc) is 3.11. The van der Waals surface area contributed by atoms with Crippen molar-refractivity contribution < 1.29 is 24.6 Å². The van der Waals surface area contributed by atoms with Crippen LogP contribution in [0, 0.1) is 17.8 Å². The van der Waals surface area contributed by atoms with Crippen LogP contribution in [0.3, 0.4) is 0 Å². The monoisotopic (exact) mass is 460 g/mol. The van der Waals surface area contributed by atoms with Crippen LogP contribution in [0.4, 0.5) is 5.69 Å². The third kappa shape index (κ3) is 3.24. The van der Waals surface area contributed by atoms with Gasteiger partial charge in [-0.05, 0) is 31.4 Å². The summed E-state index contributed by atoms with van der Waals surface area (Å²) in [7, 11) is 0. The fourth-order valence-electron chi connectivity index (χ4n) is 5.12. The SMILES string of the molecule is O=C1[C@H]2[C@H](C[C@H](O)[C@@]3(O)CCC(NC(=O)C(Cl)(Cl)Cl)[C@@H]23)C(=O)N1c1ccccc1. The molecule has 1 unspecified atom stereocenters. The minimum atomic E-state index is -2.21. The third-order valence-corrected chi connectivity index (χ3v) is 6.89. The summed E-state index contributed by atoms with van der Waals surface area (Å²) in [6, 6.07) is 7.76. The summed E-state index contributed by atoms with van der Waals surface area (Å²) in [5.41, 5.74) is -1.19. The number of rotatable bonds is 2. The summed E-state index contributed by atoms with van der Waals surface area (Å²) >= 11 is 16.9. The first-order chi connectivity index (χ1) is 13.6. The molecule has 1 aromatic carbocycles. The van der Waals surface area contributed by atoms with Gasteiger partial charge in [-0.3, -0.25) is 19.3 Å². The summed E-state index contributed by atoms with van der Waals surface area (Å²) in [5.74, 6) is -4.34. The Morgan fingerprint density at radius 2 is 1.83 bits per heavy atom. The number of nitrogens with one attached hydrogen (secondary N) is 1. The molecule has 29 heavy (non-hydrogen) atoms. The normalized spacial score (nSPS) is 36.7. The number of alkyl halides is 3. The Hall–Kier alpha value is -1.38. The van der Waals surface area contributed by atoms with Gasteiger partial charge in [-0.25, -0.2) is 0 Å². The molecule has 1 aliphatic heterocycles. The van der Waals surface area contributed by atoms with Crippen molar-refractivity contribution in [3.05, 3.63) is 30.3 Å². The molecule has 156 valence electrons. The zero-order valence-electron chi connectivity index (χ0n) is 15.1. The minimum Gasteiger partial charge on any atom is -0.390 e. The van der Waals surface area contributed by atoms with Gasteiger partial charge in [-0.2, -0.15) is 0 Å². The first-order valence-electron chi connectivity index (χ1n) is 9.26. The van der Waals surface area contributed by atoms with E-state index in [9.17, 15) is 24.6 Å². The van der Waals surface area contributed by atoms with E-state index in [0.717, 1.165) is 4.90 Å². The highest BCUT2D eigenvalue weighted by atomic mass is 35.6. The largest absolute Gasteiger partial charge is 0.390 e. The van der Waals surface area contributed by atoms with Crippen molar-refractivity contribution in [2.45, 2.75) is 40.8 Å². The van der Waals surface area contributed by atoms with Crippen LogP contribution in [-0.2, 0) is 14.4 Å². The maximum atomic E-state index is 13.3. The van der Waals surface area contributed by atoms with Gasteiger partial charge < -0.3 is 15.5 Å². The fraction of sp³-hybridized carbons (Fsp3) is 0.526. The summed E-state index contributed by atoms with van der Waals surface area (Å²) in [6.07, 6.45) is -0.812. The van der Waals surface area contributed by atoms with E-state index in [0.29, 0.717) is 5.69 Å². The van der Waals surface area contributed by atoms with Gasteiger partial charge in [0.1, 0.15) is 0 Å². The van der Waals surface area contributed by atoms with E-state index in [-0.39, 0.29) is 19.3 Å². The van der Waals surface area contributed by atoms with Crippen molar-refractivity contribution in [1.29, 1.82) is 0 Å². The van der Waals surface area contributed by atoms with Crippen molar-refractivity contribution in [2.24, 2.45) is 17.8 Å². The number of hydrogen-bond donors (Lipinski definition) is 3. The Kier molecular flexibility index (Phi) is 5.11. The molecule has 0 radical (unpaired) electrons. The van der Waals surface area contributed by atoms with E-state index in [1.54, 1.807) is 30.3 Å². The molecule has 3 fully saturated rings. The van der Waals surface area contributed by atoms with E-state index >= 15 is 0 Å². The van der Waals surface area contributed by atoms with Crippen molar-refractivity contribution in [2.75, 3.05) is 4.90 Å². The predicted molar refractivity (Wildman–Crippen MR) is 106 cm³/mol. The molecule has 0 bridgehead atoms. The molecule has 3 N–H and O–H groups in total. The Morgan fingerprint density at radius 1 is 1.17 bits per heavy atom. The Morgan fingerprint density at radius 3 is 2.45 bits per heavy atom. The zero-order valence-corrected chi connectivity index (χ0v) is 17.4. The number of anilines is 1. The molecule has 3 amide bonds. The van der Waals surface area contributed by atoms with Gasteiger partial charge in [0.2, 0.25) is 11.8 Å².